The number of esters is 1. The maximum atomic E-state index is 12.5. The van der Waals surface area contributed by atoms with Gasteiger partial charge in [-0.05, 0) is 68.7 Å². The Morgan fingerprint density at radius 3 is 2.31 bits per heavy atom. The summed E-state index contributed by atoms with van der Waals surface area (Å²) >= 11 is 0. The van der Waals surface area contributed by atoms with E-state index in [1.807, 2.05) is 38.1 Å². The van der Waals surface area contributed by atoms with Gasteiger partial charge >= 0.3 is 16.1 Å². The van der Waals surface area contributed by atoms with Crippen molar-refractivity contribution in [2.75, 3.05) is 18.5 Å². The average Bonchev–Trinajstić information content (AvgIpc) is 2.84. The van der Waals surface area contributed by atoms with E-state index in [4.69, 9.17) is 13.7 Å². The molecule has 1 N–H and O–H groups in total. The van der Waals surface area contributed by atoms with Crippen molar-refractivity contribution >= 4 is 21.8 Å². The van der Waals surface area contributed by atoms with E-state index in [0.717, 1.165) is 24.0 Å². The summed E-state index contributed by atoms with van der Waals surface area (Å²) in [6.07, 6.45) is 1.85. The quantitative estimate of drug-likeness (QED) is 0.152. The van der Waals surface area contributed by atoms with Crippen LogP contribution >= 0.6 is 0 Å². The van der Waals surface area contributed by atoms with Crippen LogP contribution in [0, 0.1) is 6.92 Å². The highest BCUT2D eigenvalue weighted by Crippen LogP contribution is 2.35. The van der Waals surface area contributed by atoms with Crippen molar-refractivity contribution in [3.8, 4) is 17.2 Å². The molecular formula is C27H31NO6S. The average molecular weight is 498 g/mol. The van der Waals surface area contributed by atoms with Crippen molar-refractivity contribution in [2.45, 2.75) is 44.9 Å². The van der Waals surface area contributed by atoms with Crippen LogP contribution in [-0.4, -0.2) is 27.5 Å². The molecular weight excluding hydrogens is 466 g/mol. The van der Waals surface area contributed by atoms with Gasteiger partial charge in [0.2, 0.25) is 0 Å². The fraction of sp³-hybridized carbons (Fsp3) is 0.296. The lowest BCUT2D eigenvalue weighted by Gasteiger charge is -2.16. The molecule has 7 nitrogen and oxygen atoms in total. The third-order valence-electron chi connectivity index (χ3n) is 5.18. The molecule has 0 heterocycles. The molecule has 186 valence electrons. The SMILES string of the molecule is CCOc1cccc(NCCCc2ccc(OS(=O)(=O)c3ccc(C)cc3)cc2)c1OC(=O)CC. The molecule has 0 aliphatic carbocycles. The van der Waals surface area contributed by atoms with E-state index in [2.05, 4.69) is 5.32 Å². The molecule has 0 atom stereocenters. The van der Waals surface area contributed by atoms with Crippen LogP contribution in [0.3, 0.4) is 0 Å². The number of anilines is 1. The van der Waals surface area contributed by atoms with Gasteiger partial charge in [0.1, 0.15) is 10.6 Å². The molecule has 0 aliphatic heterocycles. The molecule has 8 heteroatoms. The second kappa shape index (κ2) is 12.3. The van der Waals surface area contributed by atoms with Crippen LogP contribution in [0.4, 0.5) is 5.69 Å². The Bertz CT molecular complexity index is 1220. The van der Waals surface area contributed by atoms with Crippen LogP contribution in [0.25, 0.3) is 0 Å². The van der Waals surface area contributed by atoms with Crippen molar-refractivity contribution in [1.82, 2.24) is 0 Å². The van der Waals surface area contributed by atoms with E-state index < -0.39 is 10.1 Å². The summed E-state index contributed by atoms with van der Waals surface area (Å²) in [5, 5.41) is 3.32. The number of nitrogens with one attached hydrogen (secondary N) is 1. The molecule has 0 aromatic heterocycles. The van der Waals surface area contributed by atoms with Crippen LogP contribution in [0.1, 0.15) is 37.8 Å². The van der Waals surface area contributed by atoms with Gasteiger partial charge in [-0.3, -0.25) is 4.79 Å². The summed E-state index contributed by atoms with van der Waals surface area (Å²) in [6, 6.07) is 19.0. The molecule has 0 amide bonds. The lowest BCUT2D eigenvalue weighted by Crippen LogP contribution is -2.11. The van der Waals surface area contributed by atoms with Gasteiger partial charge < -0.3 is 19.0 Å². The third-order valence-corrected chi connectivity index (χ3v) is 6.44. The Morgan fingerprint density at radius 2 is 1.66 bits per heavy atom. The lowest BCUT2D eigenvalue weighted by molar-refractivity contribution is -0.134. The topological polar surface area (TPSA) is 90.9 Å². The van der Waals surface area contributed by atoms with Gasteiger partial charge in [0.05, 0.1) is 12.3 Å². The Balaban J connectivity index is 1.55. The van der Waals surface area contributed by atoms with Gasteiger partial charge in [-0.2, -0.15) is 8.42 Å². The van der Waals surface area contributed by atoms with E-state index in [1.165, 1.54) is 12.1 Å². The molecule has 3 aromatic rings. The minimum absolute atomic E-state index is 0.121. The first kappa shape index (κ1) is 26.1. The molecule has 0 saturated carbocycles. The first-order valence-corrected chi connectivity index (χ1v) is 13.0. The van der Waals surface area contributed by atoms with Gasteiger partial charge in [-0.15, -0.1) is 0 Å². The maximum Gasteiger partial charge on any atom is 0.339 e. The Kier molecular flexibility index (Phi) is 9.14. The van der Waals surface area contributed by atoms with Gasteiger partial charge in [-0.25, -0.2) is 0 Å². The van der Waals surface area contributed by atoms with Gasteiger partial charge in [-0.1, -0.05) is 42.8 Å². The van der Waals surface area contributed by atoms with Crippen LogP contribution in [0.2, 0.25) is 0 Å². The van der Waals surface area contributed by atoms with Crippen LogP contribution in [-0.2, 0) is 21.3 Å². The van der Waals surface area contributed by atoms with E-state index in [1.54, 1.807) is 37.3 Å². The number of hydrogen-bond donors (Lipinski definition) is 1. The lowest BCUT2D eigenvalue weighted by atomic mass is 10.1. The van der Waals surface area contributed by atoms with E-state index in [-0.39, 0.29) is 23.0 Å². The smallest absolute Gasteiger partial charge is 0.339 e. The summed E-state index contributed by atoms with van der Waals surface area (Å²) in [7, 11) is -3.87. The highest BCUT2D eigenvalue weighted by molar-refractivity contribution is 7.87. The summed E-state index contributed by atoms with van der Waals surface area (Å²) in [5.41, 5.74) is 2.72. The van der Waals surface area contributed by atoms with Crippen molar-refractivity contribution in [2.24, 2.45) is 0 Å². The predicted octanol–water partition coefficient (Wildman–Crippen LogP) is 5.52. The van der Waals surface area contributed by atoms with Crippen molar-refractivity contribution in [3.05, 3.63) is 77.9 Å². The Hall–Kier alpha value is -3.52. The molecule has 0 spiro atoms. The zero-order chi connectivity index (χ0) is 25.3. The van der Waals surface area contributed by atoms with Gasteiger partial charge in [0.15, 0.2) is 11.5 Å². The molecule has 3 aromatic carbocycles. The van der Waals surface area contributed by atoms with Crippen molar-refractivity contribution in [3.63, 3.8) is 0 Å². The monoisotopic (exact) mass is 497 g/mol. The summed E-state index contributed by atoms with van der Waals surface area (Å²) in [4.78, 5) is 12.0. The number of benzene rings is 3. The molecule has 0 saturated heterocycles. The molecule has 35 heavy (non-hydrogen) atoms. The fourth-order valence-electron chi connectivity index (χ4n) is 3.32. The molecule has 3 rings (SSSR count). The van der Waals surface area contributed by atoms with Crippen molar-refractivity contribution in [1.29, 1.82) is 0 Å². The Morgan fingerprint density at radius 1 is 0.943 bits per heavy atom. The summed E-state index contributed by atoms with van der Waals surface area (Å²) in [6.45, 7) is 6.62. The number of para-hydroxylation sites is 1. The predicted molar refractivity (Wildman–Crippen MR) is 136 cm³/mol. The minimum Gasteiger partial charge on any atom is -0.490 e. The highest BCUT2D eigenvalue weighted by Gasteiger charge is 2.17. The zero-order valence-electron chi connectivity index (χ0n) is 20.2. The van der Waals surface area contributed by atoms with Crippen LogP contribution < -0.4 is 19.0 Å². The molecule has 0 radical (unpaired) electrons. The van der Waals surface area contributed by atoms with Gasteiger partial charge in [0, 0.05) is 13.0 Å². The number of carbonyl (C=O) groups is 1. The number of aryl methyl sites for hydroxylation is 2. The minimum atomic E-state index is -3.87. The fourth-order valence-corrected chi connectivity index (χ4v) is 4.25. The Labute approximate surface area is 207 Å². The molecule has 0 aliphatic rings. The summed E-state index contributed by atoms with van der Waals surface area (Å²) < 4.78 is 41.3. The number of hydrogen-bond acceptors (Lipinski definition) is 7. The normalized spacial score (nSPS) is 11.1. The van der Waals surface area contributed by atoms with E-state index in [9.17, 15) is 13.2 Å². The molecule has 0 unspecified atom stereocenters. The summed E-state index contributed by atoms with van der Waals surface area (Å²) in [5.74, 6) is 0.863. The third kappa shape index (κ3) is 7.48. The van der Waals surface area contributed by atoms with Gasteiger partial charge in [0.25, 0.3) is 0 Å². The van der Waals surface area contributed by atoms with Crippen molar-refractivity contribution < 1.29 is 26.9 Å². The first-order chi connectivity index (χ1) is 16.8. The largest absolute Gasteiger partial charge is 0.490 e. The molecule has 0 fully saturated rings. The second-order valence-electron chi connectivity index (χ2n) is 7.92. The highest BCUT2D eigenvalue weighted by atomic mass is 32.2. The second-order valence-corrected chi connectivity index (χ2v) is 9.46. The maximum absolute atomic E-state index is 12.5. The first-order valence-electron chi connectivity index (χ1n) is 11.6. The van der Waals surface area contributed by atoms with Crippen LogP contribution in [0.5, 0.6) is 17.2 Å². The molecule has 0 bridgehead atoms. The van der Waals surface area contributed by atoms with Crippen LogP contribution in [0.15, 0.2) is 71.6 Å². The zero-order valence-corrected chi connectivity index (χ0v) is 21.1. The number of carbonyl (C=O) groups excluding carboxylic acids is 1. The number of rotatable bonds is 12. The van der Waals surface area contributed by atoms with E-state index >= 15 is 0 Å². The standard InChI is InChI=1S/C27H31NO6S/c1-4-26(29)33-27-24(9-6-10-25(27)32-5-2)28-19-7-8-21-13-15-22(16-14-21)34-35(30,31)23-17-11-20(3)12-18-23/h6,9-18,28H,4-5,7-8,19H2,1-3H3. The number of ether oxygens (including phenoxy) is 2. The van der Waals surface area contributed by atoms with E-state index in [0.29, 0.717) is 30.3 Å².